The Morgan fingerprint density at radius 3 is 2.68 bits per heavy atom. The van der Waals surface area contributed by atoms with Crippen molar-refractivity contribution in [3.8, 4) is 0 Å². The van der Waals surface area contributed by atoms with Gasteiger partial charge in [0.15, 0.2) is 0 Å². The van der Waals surface area contributed by atoms with Crippen molar-refractivity contribution in [1.29, 1.82) is 0 Å². The molecule has 3 rings (SSSR count). The number of allylic oxidation sites excluding steroid dienone is 2. The van der Waals surface area contributed by atoms with E-state index in [2.05, 4.69) is 69.3 Å². The fourth-order valence-corrected chi connectivity index (χ4v) is 2.81. The normalized spacial score (nSPS) is 14.5. The first kappa shape index (κ1) is 12.2. The third-order valence-electron chi connectivity index (χ3n) is 3.56. The highest BCUT2D eigenvalue weighted by Gasteiger charge is 2.19. The van der Waals surface area contributed by atoms with Crippen LogP contribution in [0.5, 0.6) is 0 Å². The lowest BCUT2D eigenvalue weighted by Crippen LogP contribution is -2.36. The quantitative estimate of drug-likeness (QED) is 0.699. The smallest absolute Gasteiger partial charge is 0.0712 e. The van der Waals surface area contributed by atoms with E-state index in [0.717, 1.165) is 17.3 Å². The monoisotopic (exact) mass is 249 g/mol. The third kappa shape index (κ3) is 2.10. The van der Waals surface area contributed by atoms with Crippen LogP contribution in [0.15, 0.2) is 36.4 Å². The SMILES string of the molecule is CC(C)(C)c1c2c(nc3ccccc13)=CC=CCC=2. The van der Waals surface area contributed by atoms with E-state index in [1.807, 2.05) is 0 Å². The lowest BCUT2D eigenvalue weighted by Gasteiger charge is -2.22. The van der Waals surface area contributed by atoms with Gasteiger partial charge in [-0.05, 0) is 29.5 Å². The van der Waals surface area contributed by atoms with Crippen LogP contribution in [-0.4, -0.2) is 4.98 Å². The van der Waals surface area contributed by atoms with Crippen LogP contribution in [0.25, 0.3) is 23.1 Å². The molecule has 0 N–H and O–H groups in total. The summed E-state index contributed by atoms with van der Waals surface area (Å²) in [4.78, 5) is 4.81. The van der Waals surface area contributed by atoms with Crippen molar-refractivity contribution in [2.24, 2.45) is 0 Å². The second-order valence-electron chi connectivity index (χ2n) is 6.09. The van der Waals surface area contributed by atoms with Gasteiger partial charge >= 0.3 is 0 Å². The summed E-state index contributed by atoms with van der Waals surface area (Å²) in [6.45, 7) is 6.84. The Balaban J connectivity index is 2.58. The molecule has 0 atom stereocenters. The number of benzene rings is 1. The van der Waals surface area contributed by atoms with E-state index in [1.165, 1.54) is 16.2 Å². The third-order valence-corrected chi connectivity index (χ3v) is 3.56. The highest BCUT2D eigenvalue weighted by molar-refractivity contribution is 5.83. The van der Waals surface area contributed by atoms with Crippen LogP contribution in [0.3, 0.4) is 0 Å². The molecule has 19 heavy (non-hydrogen) atoms. The summed E-state index contributed by atoms with van der Waals surface area (Å²) >= 11 is 0. The molecular formula is C18H19N. The minimum atomic E-state index is 0.112. The first-order chi connectivity index (χ1) is 9.07. The van der Waals surface area contributed by atoms with Gasteiger partial charge in [-0.3, -0.25) is 0 Å². The minimum absolute atomic E-state index is 0.112. The summed E-state index contributed by atoms with van der Waals surface area (Å²) in [5.41, 5.74) is 2.61. The molecule has 0 unspecified atom stereocenters. The topological polar surface area (TPSA) is 12.9 Å². The zero-order valence-corrected chi connectivity index (χ0v) is 11.8. The number of pyridine rings is 1. The first-order valence-electron chi connectivity index (χ1n) is 6.84. The maximum Gasteiger partial charge on any atom is 0.0712 e. The Hall–Kier alpha value is -1.89. The van der Waals surface area contributed by atoms with E-state index in [4.69, 9.17) is 4.98 Å². The van der Waals surface area contributed by atoms with Gasteiger partial charge in [0.25, 0.3) is 0 Å². The molecule has 1 aromatic carbocycles. The van der Waals surface area contributed by atoms with Gasteiger partial charge in [-0.1, -0.05) is 57.2 Å². The summed E-state index contributed by atoms with van der Waals surface area (Å²) in [7, 11) is 0. The Morgan fingerprint density at radius 2 is 1.89 bits per heavy atom. The maximum absolute atomic E-state index is 4.81. The van der Waals surface area contributed by atoms with Gasteiger partial charge in [0.2, 0.25) is 0 Å². The summed E-state index contributed by atoms with van der Waals surface area (Å²) in [6, 6.07) is 8.46. The van der Waals surface area contributed by atoms with E-state index in [1.54, 1.807) is 0 Å². The predicted molar refractivity (Wildman–Crippen MR) is 82.4 cm³/mol. The molecule has 0 amide bonds. The molecule has 0 bridgehead atoms. The fraction of sp³-hybridized carbons (Fsp3) is 0.278. The van der Waals surface area contributed by atoms with Crippen molar-refractivity contribution >= 4 is 23.1 Å². The largest absolute Gasteiger partial charge is 0.248 e. The Labute approximate surface area is 114 Å². The number of nitrogens with zero attached hydrogens (tertiary/aromatic N) is 1. The van der Waals surface area contributed by atoms with Crippen molar-refractivity contribution in [1.82, 2.24) is 4.98 Å². The molecule has 96 valence electrons. The minimum Gasteiger partial charge on any atom is -0.248 e. The van der Waals surface area contributed by atoms with Gasteiger partial charge < -0.3 is 0 Å². The molecule has 2 aromatic rings. The molecule has 0 radical (unpaired) electrons. The van der Waals surface area contributed by atoms with Gasteiger partial charge in [-0.15, -0.1) is 0 Å². The average molecular weight is 249 g/mol. The fourth-order valence-electron chi connectivity index (χ4n) is 2.81. The van der Waals surface area contributed by atoms with Crippen LogP contribution >= 0.6 is 0 Å². The summed E-state index contributed by atoms with van der Waals surface area (Å²) in [5.74, 6) is 0. The number of para-hydroxylation sites is 1. The van der Waals surface area contributed by atoms with Gasteiger partial charge in [0, 0.05) is 10.6 Å². The molecule has 0 saturated heterocycles. The van der Waals surface area contributed by atoms with Crippen LogP contribution in [0.1, 0.15) is 32.8 Å². The van der Waals surface area contributed by atoms with E-state index in [0.29, 0.717) is 0 Å². The molecule has 1 aromatic heterocycles. The van der Waals surface area contributed by atoms with Crippen molar-refractivity contribution < 1.29 is 0 Å². The number of hydrogen-bond donors (Lipinski definition) is 0. The Kier molecular flexibility index (Phi) is 2.78. The van der Waals surface area contributed by atoms with Crippen molar-refractivity contribution in [2.45, 2.75) is 32.6 Å². The second kappa shape index (κ2) is 4.34. The number of hydrogen-bond acceptors (Lipinski definition) is 1. The van der Waals surface area contributed by atoms with E-state index in [9.17, 15) is 0 Å². The van der Waals surface area contributed by atoms with Gasteiger partial charge in [0.05, 0.1) is 10.9 Å². The molecule has 0 spiro atoms. The molecule has 1 aliphatic carbocycles. The standard InChI is InChI=1S/C18H19N/c1-18(2,3)17-13-9-5-4-6-11-15(13)19-16-12-8-7-10-14(16)17/h4,6-12H,5H2,1-3H3. The van der Waals surface area contributed by atoms with E-state index < -0.39 is 0 Å². The molecule has 1 heteroatoms. The number of fused-ring (bicyclic) bond motifs is 2. The van der Waals surface area contributed by atoms with Crippen LogP contribution in [-0.2, 0) is 5.41 Å². The summed E-state index contributed by atoms with van der Waals surface area (Å²) in [6.07, 6.45) is 9.69. The molecule has 0 fully saturated rings. The zero-order valence-electron chi connectivity index (χ0n) is 11.8. The molecular weight excluding hydrogens is 230 g/mol. The predicted octanol–water partition coefficient (Wildman–Crippen LogP) is 3.05. The number of rotatable bonds is 0. The first-order valence-corrected chi connectivity index (χ1v) is 6.84. The second-order valence-corrected chi connectivity index (χ2v) is 6.09. The highest BCUT2D eigenvalue weighted by atomic mass is 14.7. The van der Waals surface area contributed by atoms with Crippen LogP contribution in [0, 0.1) is 0 Å². The van der Waals surface area contributed by atoms with Crippen LogP contribution in [0.2, 0.25) is 0 Å². The van der Waals surface area contributed by atoms with Crippen LogP contribution < -0.4 is 10.6 Å². The lowest BCUT2D eigenvalue weighted by molar-refractivity contribution is 0.590. The van der Waals surface area contributed by atoms with Crippen molar-refractivity contribution in [3.63, 3.8) is 0 Å². The van der Waals surface area contributed by atoms with Gasteiger partial charge in [-0.2, -0.15) is 0 Å². The van der Waals surface area contributed by atoms with Crippen molar-refractivity contribution in [3.05, 3.63) is 52.5 Å². The maximum atomic E-state index is 4.81. The summed E-state index contributed by atoms with van der Waals surface area (Å²) in [5, 5.41) is 3.67. The van der Waals surface area contributed by atoms with E-state index in [-0.39, 0.29) is 5.41 Å². The summed E-state index contributed by atoms with van der Waals surface area (Å²) < 4.78 is 0. The highest BCUT2D eigenvalue weighted by Crippen LogP contribution is 2.25. The van der Waals surface area contributed by atoms with Gasteiger partial charge in [0.1, 0.15) is 0 Å². The molecule has 1 aliphatic rings. The van der Waals surface area contributed by atoms with Gasteiger partial charge in [-0.25, -0.2) is 4.98 Å². The lowest BCUT2D eigenvalue weighted by atomic mass is 9.83. The Morgan fingerprint density at radius 1 is 1.11 bits per heavy atom. The number of aromatic nitrogens is 1. The zero-order chi connectivity index (χ0) is 13.5. The van der Waals surface area contributed by atoms with Crippen LogP contribution in [0.4, 0.5) is 0 Å². The molecule has 0 aliphatic heterocycles. The molecule has 1 heterocycles. The molecule has 0 saturated carbocycles. The average Bonchev–Trinajstić information content (AvgIpc) is 2.59. The molecule has 1 nitrogen and oxygen atoms in total. The Bertz CT molecular complexity index is 774. The van der Waals surface area contributed by atoms with Crippen molar-refractivity contribution in [2.75, 3.05) is 0 Å². The van der Waals surface area contributed by atoms with E-state index >= 15 is 0 Å².